The Labute approximate surface area is 115 Å². The van der Waals surface area contributed by atoms with Gasteiger partial charge in [0.2, 0.25) is 0 Å². The van der Waals surface area contributed by atoms with Crippen LogP contribution < -0.4 is 5.32 Å². The molecule has 0 saturated carbocycles. The predicted molar refractivity (Wildman–Crippen MR) is 71.9 cm³/mol. The maximum absolute atomic E-state index is 14.0. The van der Waals surface area contributed by atoms with Crippen LogP contribution in [0.5, 0.6) is 0 Å². The Hall–Kier alpha value is -0.450. The number of rotatable bonds is 3. The minimum Gasteiger partial charge on any atom is -0.375 e. The van der Waals surface area contributed by atoms with Gasteiger partial charge in [-0.2, -0.15) is 0 Å². The zero-order valence-corrected chi connectivity index (χ0v) is 11.9. The summed E-state index contributed by atoms with van der Waals surface area (Å²) in [6, 6.07) is 5.18. The summed E-state index contributed by atoms with van der Waals surface area (Å²) in [6.07, 6.45) is 4.01. The summed E-state index contributed by atoms with van der Waals surface area (Å²) in [5.41, 5.74) is 0.744. The molecule has 2 fully saturated rings. The van der Waals surface area contributed by atoms with E-state index in [0.29, 0.717) is 18.1 Å². The Morgan fingerprint density at radius 3 is 2.89 bits per heavy atom. The third-order valence-corrected chi connectivity index (χ3v) is 4.68. The first-order valence-corrected chi connectivity index (χ1v) is 7.26. The molecule has 2 bridgehead atoms. The predicted octanol–water partition coefficient (Wildman–Crippen LogP) is 3.42. The second-order valence-corrected chi connectivity index (χ2v) is 6.12. The van der Waals surface area contributed by atoms with Crippen LogP contribution in [0.25, 0.3) is 0 Å². The highest BCUT2D eigenvalue weighted by atomic mass is 79.9. The lowest BCUT2D eigenvalue weighted by atomic mass is 9.81. The van der Waals surface area contributed by atoms with E-state index in [4.69, 9.17) is 4.74 Å². The lowest BCUT2D eigenvalue weighted by Gasteiger charge is -2.29. The molecule has 4 unspecified atom stereocenters. The van der Waals surface area contributed by atoms with Gasteiger partial charge in [-0.1, -0.05) is 15.9 Å². The van der Waals surface area contributed by atoms with Crippen molar-refractivity contribution in [2.24, 2.45) is 5.92 Å². The third-order valence-electron chi connectivity index (χ3n) is 4.19. The molecule has 2 heterocycles. The summed E-state index contributed by atoms with van der Waals surface area (Å²) in [5, 5.41) is 3.27. The molecule has 4 heteroatoms. The molecule has 4 atom stereocenters. The van der Waals surface area contributed by atoms with Gasteiger partial charge in [0.15, 0.2) is 0 Å². The number of fused-ring (bicyclic) bond motifs is 2. The van der Waals surface area contributed by atoms with Crippen molar-refractivity contribution in [1.82, 2.24) is 5.32 Å². The topological polar surface area (TPSA) is 21.3 Å². The minimum atomic E-state index is -0.139. The quantitative estimate of drug-likeness (QED) is 0.923. The number of hydrogen-bond acceptors (Lipinski definition) is 2. The summed E-state index contributed by atoms with van der Waals surface area (Å²) < 4.78 is 20.8. The van der Waals surface area contributed by atoms with Gasteiger partial charge < -0.3 is 10.1 Å². The van der Waals surface area contributed by atoms with E-state index in [1.165, 1.54) is 12.5 Å². The number of hydrogen-bond donors (Lipinski definition) is 1. The molecule has 2 aliphatic heterocycles. The highest BCUT2D eigenvalue weighted by Gasteiger charge is 2.44. The molecule has 3 rings (SSSR count). The van der Waals surface area contributed by atoms with Gasteiger partial charge in [-0.05, 0) is 44.5 Å². The van der Waals surface area contributed by atoms with Crippen LogP contribution in [-0.4, -0.2) is 19.3 Å². The van der Waals surface area contributed by atoms with E-state index in [1.54, 1.807) is 6.07 Å². The second-order valence-electron chi connectivity index (χ2n) is 5.21. The molecule has 18 heavy (non-hydrogen) atoms. The Balaban J connectivity index is 1.90. The Kier molecular flexibility index (Phi) is 3.43. The highest BCUT2D eigenvalue weighted by molar-refractivity contribution is 9.10. The van der Waals surface area contributed by atoms with Crippen LogP contribution in [0.1, 0.15) is 30.9 Å². The van der Waals surface area contributed by atoms with Crippen molar-refractivity contribution in [3.63, 3.8) is 0 Å². The van der Waals surface area contributed by atoms with Gasteiger partial charge in [-0.3, -0.25) is 0 Å². The summed E-state index contributed by atoms with van der Waals surface area (Å²) in [4.78, 5) is 0. The van der Waals surface area contributed by atoms with Crippen LogP contribution >= 0.6 is 15.9 Å². The molecule has 1 aromatic rings. The van der Waals surface area contributed by atoms with Crippen LogP contribution in [0.15, 0.2) is 22.7 Å². The first-order valence-electron chi connectivity index (χ1n) is 6.46. The zero-order valence-electron chi connectivity index (χ0n) is 10.3. The van der Waals surface area contributed by atoms with Crippen molar-refractivity contribution in [3.05, 3.63) is 34.1 Å². The molecule has 1 aromatic carbocycles. The SMILES string of the molecule is CNC(c1cc(Br)ccc1F)C1CC2CCC1O2. The normalized spacial score (nSPS) is 31.8. The van der Waals surface area contributed by atoms with Gasteiger partial charge in [-0.25, -0.2) is 4.39 Å². The highest BCUT2D eigenvalue weighted by Crippen LogP contribution is 2.45. The van der Waals surface area contributed by atoms with Crippen molar-refractivity contribution in [2.45, 2.75) is 37.5 Å². The van der Waals surface area contributed by atoms with E-state index < -0.39 is 0 Å². The van der Waals surface area contributed by atoms with Gasteiger partial charge in [0.25, 0.3) is 0 Å². The van der Waals surface area contributed by atoms with Crippen LogP contribution in [0.3, 0.4) is 0 Å². The third kappa shape index (κ3) is 2.10. The molecule has 0 aliphatic carbocycles. The van der Waals surface area contributed by atoms with Crippen molar-refractivity contribution in [3.8, 4) is 0 Å². The van der Waals surface area contributed by atoms with E-state index in [2.05, 4.69) is 21.2 Å². The van der Waals surface area contributed by atoms with Gasteiger partial charge in [0.05, 0.1) is 12.2 Å². The van der Waals surface area contributed by atoms with E-state index >= 15 is 0 Å². The van der Waals surface area contributed by atoms with Gasteiger partial charge in [0, 0.05) is 22.0 Å². The number of nitrogens with one attached hydrogen (secondary N) is 1. The van der Waals surface area contributed by atoms with Crippen molar-refractivity contribution in [1.29, 1.82) is 0 Å². The molecule has 0 aromatic heterocycles. The van der Waals surface area contributed by atoms with Crippen molar-refractivity contribution in [2.75, 3.05) is 7.05 Å². The van der Waals surface area contributed by atoms with Crippen LogP contribution in [0.4, 0.5) is 4.39 Å². The molecule has 2 nitrogen and oxygen atoms in total. The zero-order chi connectivity index (χ0) is 12.7. The molecular weight excluding hydrogens is 297 g/mol. The molecule has 2 saturated heterocycles. The molecule has 1 N–H and O–H groups in total. The fourth-order valence-electron chi connectivity index (χ4n) is 3.38. The maximum atomic E-state index is 14.0. The van der Waals surface area contributed by atoms with Crippen molar-refractivity contribution < 1.29 is 9.13 Å². The average molecular weight is 314 g/mol. The summed E-state index contributed by atoms with van der Waals surface area (Å²) in [7, 11) is 1.90. The smallest absolute Gasteiger partial charge is 0.128 e. The molecule has 98 valence electrons. The fourth-order valence-corrected chi connectivity index (χ4v) is 3.76. The number of halogens is 2. The largest absolute Gasteiger partial charge is 0.375 e. The lowest BCUT2D eigenvalue weighted by molar-refractivity contribution is 0.0860. The van der Waals surface area contributed by atoms with E-state index in [0.717, 1.165) is 22.9 Å². The molecular formula is C14H17BrFNO. The minimum absolute atomic E-state index is 0.0396. The Morgan fingerprint density at radius 1 is 1.44 bits per heavy atom. The van der Waals surface area contributed by atoms with Crippen molar-refractivity contribution >= 4 is 15.9 Å². The molecule has 0 radical (unpaired) electrons. The summed E-state index contributed by atoms with van der Waals surface area (Å²) >= 11 is 3.42. The first-order chi connectivity index (χ1) is 8.69. The Morgan fingerprint density at radius 2 is 2.28 bits per heavy atom. The lowest BCUT2D eigenvalue weighted by Crippen LogP contribution is -2.32. The molecule has 0 spiro atoms. The summed E-state index contributed by atoms with van der Waals surface area (Å²) in [6.45, 7) is 0. The standard InChI is InChI=1S/C14H17BrFNO/c1-17-14(10-6-8(15)2-4-12(10)16)11-7-9-3-5-13(11)18-9/h2,4,6,9,11,13-14,17H,3,5,7H2,1H3. The number of benzene rings is 1. The van der Waals surface area contributed by atoms with E-state index in [1.807, 2.05) is 13.1 Å². The monoisotopic (exact) mass is 313 g/mol. The first kappa shape index (κ1) is 12.6. The average Bonchev–Trinajstić information content (AvgIpc) is 2.97. The number of ether oxygens (including phenoxy) is 1. The molecule has 0 amide bonds. The van der Waals surface area contributed by atoms with E-state index in [9.17, 15) is 4.39 Å². The van der Waals surface area contributed by atoms with Gasteiger partial charge >= 0.3 is 0 Å². The van der Waals surface area contributed by atoms with Gasteiger partial charge in [0.1, 0.15) is 5.82 Å². The fraction of sp³-hybridized carbons (Fsp3) is 0.571. The van der Waals surface area contributed by atoms with Crippen LogP contribution in [-0.2, 0) is 4.74 Å². The van der Waals surface area contributed by atoms with Gasteiger partial charge in [-0.15, -0.1) is 0 Å². The molecule has 2 aliphatic rings. The summed E-state index contributed by atoms with van der Waals surface area (Å²) in [5.74, 6) is 0.248. The second kappa shape index (κ2) is 4.91. The van der Waals surface area contributed by atoms with Crippen LogP contribution in [0, 0.1) is 11.7 Å². The van der Waals surface area contributed by atoms with E-state index in [-0.39, 0.29) is 11.9 Å². The van der Waals surface area contributed by atoms with Crippen LogP contribution in [0.2, 0.25) is 0 Å². The Bertz CT molecular complexity index is 453. The maximum Gasteiger partial charge on any atom is 0.128 e.